The summed E-state index contributed by atoms with van der Waals surface area (Å²) < 4.78 is 0. The maximum Gasteiger partial charge on any atom is 0.192 e. The predicted octanol–water partition coefficient (Wildman–Crippen LogP) is 4.49. The number of benzene rings is 2. The van der Waals surface area contributed by atoms with Crippen molar-refractivity contribution in [3.63, 3.8) is 0 Å². The summed E-state index contributed by atoms with van der Waals surface area (Å²) >= 11 is 0. The molecule has 5 aliphatic rings. The van der Waals surface area contributed by atoms with Crippen molar-refractivity contribution < 1.29 is 20.4 Å². The molecule has 2 aromatic carbocycles. The van der Waals surface area contributed by atoms with Gasteiger partial charge >= 0.3 is 0 Å². The summed E-state index contributed by atoms with van der Waals surface area (Å²) in [7, 11) is 0. The highest BCUT2D eigenvalue weighted by atomic mass is 16.3. The van der Waals surface area contributed by atoms with Gasteiger partial charge in [-0.25, -0.2) is 0 Å². The normalized spacial score (nSPS) is 35.1. The number of aliphatic imine (C=N–C) groups is 1. The van der Waals surface area contributed by atoms with Gasteiger partial charge in [-0.05, 0) is 92.2 Å². The third-order valence-electron chi connectivity index (χ3n) is 12.6. The van der Waals surface area contributed by atoms with E-state index in [1.807, 2.05) is 37.3 Å². The summed E-state index contributed by atoms with van der Waals surface area (Å²) in [6, 6.07) is 20.3. The van der Waals surface area contributed by atoms with Crippen LogP contribution < -0.4 is 10.6 Å². The fourth-order valence-corrected chi connectivity index (χ4v) is 10.1. The largest absolute Gasteiger partial charge is 0.396 e. The average molecular weight is 665 g/mol. The molecule has 0 saturated heterocycles. The maximum absolute atomic E-state index is 12.8. The van der Waals surface area contributed by atoms with Gasteiger partial charge in [0.25, 0.3) is 0 Å². The van der Waals surface area contributed by atoms with Crippen LogP contribution >= 0.6 is 0 Å². The van der Waals surface area contributed by atoms with E-state index < -0.39 is 28.8 Å². The fourth-order valence-electron chi connectivity index (χ4n) is 10.1. The molecule has 0 aliphatic heterocycles. The highest BCUT2D eigenvalue weighted by Crippen LogP contribution is 2.67. The molecule has 1 aromatic heterocycles. The molecule has 260 valence electrons. The van der Waals surface area contributed by atoms with Crippen molar-refractivity contribution in [3.8, 4) is 11.8 Å². The highest BCUT2D eigenvalue weighted by Gasteiger charge is 2.69. The Morgan fingerprint density at radius 1 is 1.06 bits per heavy atom. The zero-order valence-electron chi connectivity index (χ0n) is 28.7. The van der Waals surface area contributed by atoms with Gasteiger partial charge in [-0.15, -0.1) is 5.92 Å². The Morgan fingerprint density at radius 2 is 1.86 bits per heavy atom. The molecular formula is C41H52N4O4. The molecule has 7 N–H and O–H groups in total. The van der Waals surface area contributed by atoms with Gasteiger partial charge in [0.15, 0.2) is 5.96 Å². The number of hydrogen-bond donors (Lipinski definition) is 7. The van der Waals surface area contributed by atoms with Gasteiger partial charge in [0.05, 0.1) is 23.3 Å². The van der Waals surface area contributed by atoms with Crippen molar-refractivity contribution in [1.29, 1.82) is 0 Å². The van der Waals surface area contributed by atoms with Crippen molar-refractivity contribution >= 4 is 16.9 Å². The first-order valence-electron chi connectivity index (χ1n) is 18.2. The third-order valence-corrected chi connectivity index (χ3v) is 12.6. The fraction of sp³-hybridized carbons (Fsp3) is 0.537. The molecule has 4 fully saturated rings. The summed E-state index contributed by atoms with van der Waals surface area (Å²) in [5.74, 6) is 7.12. The standard InChI is InChI=1S/C41H52N4O4/c1-27(22-32-23-29-12-6-7-14-35(29)44-32)40-18-8-13-31(45-38(42-19-9-21-46)43-20-17-28-10-4-3-5-11-28)26-41(49)36(47)24-34-37(41)33(40)16-15-30(25-40)39(34,2)48/h3-7,10-12,14,23,30-31,33-34,36-37,44,46-49H,1,9,15-22,24-26H2,2H3,(H2,42,43,45)/t30-,31+,33-,34+,36-,37+,39-,40-,41+/m1/s1. The van der Waals surface area contributed by atoms with Crippen molar-refractivity contribution in [3.05, 3.63) is 84.1 Å². The zero-order valence-corrected chi connectivity index (χ0v) is 28.7. The van der Waals surface area contributed by atoms with Crippen LogP contribution in [-0.2, 0) is 12.8 Å². The smallest absolute Gasteiger partial charge is 0.192 e. The second kappa shape index (κ2) is 13.6. The van der Waals surface area contributed by atoms with Crippen LogP contribution in [0.5, 0.6) is 0 Å². The van der Waals surface area contributed by atoms with Crippen LogP contribution in [0.4, 0.5) is 0 Å². The molecule has 5 aliphatic carbocycles. The number of fused-ring (bicyclic) bond motifs is 2. The number of allylic oxidation sites excluding steroid dienone is 1. The molecule has 4 bridgehead atoms. The first-order chi connectivity index (χ1) is 23.6. The minimum Gasteiger partial charge on any atom is -0.396 e. The molecule has 4 saturated carbocycles. The van der Waals surface area contributed by atoms with Gasteiger partial charge in [-0.1, -0.05) is 66.6 Å². The van der Waals surface area contributed by atoms with Crippen molar-refractivity contribution in [1.82, 2.24) is 15.6 Å². The molecule has 8 heteroatoms. The van der Waals surface area contributed by atoms with E-state index in [2.05, 4.69) is 57.8 Å². The van der Waals surface area contributed by atoms with Crippen LogP contribution in [0, 0.1) is 40.9 Å². The van der Waals surface area contributed by atoms with Gasteiger partial charge in [0.1, 0.15) is 0 Å². The monoisotopic (exact) mass is 664 g/mol. The minimum atomic E-state index is -1.46. The molecule has 0 spiro atoms. The molecular weight excluding hydrogens is 612 g/mol. The lowest BCUT2D eigenvalue weighted by Crippen LogP contribution is -2.55. The molecule has 49 heavy (non-hydrogen) atoms. The first kappa shape index (κ1) is 33.9. The van der Waals surface area contributed by atoms with Crippen LogP contribution in [0.15, 0.2) is 77.8 Å². The third kappa shape index (κ3) is 6.31. The Balaban J connectivity index is 1.22. The Hall–Kier alpha value is -3.61. The molecule has 8 rings (SSSR count). The summed E-state index contributed by atoms with van der Waals surface area (Å²) in [4.78, 5) is 8.33. The van der Waals surface area contributed by atoms with E-state index in [-0.39, 0.29) is 36.7 Å². The first-order valence-corrected chi connectivity index (χ1v) is 18.2. The Kier molecular flexibility index (Phi) is 9.40. The zero-order chi connectivity index (χ0) is 34.2. The number of nitrogens with one attached hydrogen (secondary N) is 3. The highest BCUT2D eigenvalue weighted by molar-refractivity contribution is 5.81. The number of aliphatic hydroxyl groups excluding tert-OH is 2. The second-order valence-electron chi connectivity index (χ2n) is 15.4. The lowest BCUT2D eigenvalue weighted by Gasteiger charge is -2.51. The van der Waals surface area contributed by atoms with E-state index in [1.54, 1.807) is 0 Å². The van der Waals surface area contributed by atoms with Crippen molar-refractivity contribution in [2.75, 3.05) is 19.7 Å². The lowest BCUT2D eigenvalue weighted by molar-refractivity contribution is -0.122. The Morgan fingerprint density at radius 3 is 2.65 bits per heavy atom. The summed E-state index contributed by atoms with van der Waals surface area (Å²) in [6.07, 6.45) is 4.68. The molecule has 1 heterocycles. The number of H-pyrrole nitrogens is 1. The van der Waals surface area contributed by atoms with E-state index in [1.165, 1.54) is 10.9 Å². The number of aromatic amines is 1. The summed E-state index contributed by atoms with van der Waals surface area (Å²) in [5.41, 5.74) is 1.59. The number of hydrogen-bond acceptors (Lipinski definition) is 5. The quantitative estimate of drug-likeness (QED) is 0.0562. The number of guanidine groups is 1. The molecule has 9 atom stereocenters. The van der Waals surface area contributed by atoms with Crippen molar-refractivity contribution in [2.24, 2.45) is 34.1 Å². The maximum atomic E-state index is 12.8. The lowest BCUT2D eigenvalue weighted by atomic mass is 9.54. The molecule has 0 amide bonds. The predicted molar refractivity (Wildman–Crippen MR) is 194 cm³/mol. The number of aromatic nitrogens is 1. The minimum absolute atomic E-state index is 0.0245. The van der Waals surface area contributed by atoms with Gasteiger partial charge in [0, 0.05) is 55.6 Å². The number of rotatable bonds is 10. The van der Waals surface area contributed by atoms with E-state index in [4.69, 9.17) is 11.6 Å². The number of para-hydroxylation sites is 1. The van der Waals surface area contributed by atoms with E-state index >= 15 is 0 Å². The van der Waals surface area contributed by atoms with Crippen LogP contribution in [0.2, 0.25) is 0 Å². The SMILES string of the molecule is C=C(Cc1cc2ccccc2[nH]1)[C@]12CC#C[C@H](NC(=NCCCO)NCCc3ccccc3)C[C@@]3(O)[C@H]4[C@H]1CC[C@H](C2)[C@@](C)(O)[C@H]4C[C@H]3O. The summed E-state index contributed by atoms with van der Waals surface area (Å²) in [6.45, 7) is 7.85. The van der Waals surface area contributed by atoms with E-state index in [9.17, 15) is 20.4 Å². The molecule has 0 unspecified atom stereocenters. The summed E-state index contributed by atoms with van der Waals surface area (Å²) in [5, 5.41) is 54.4. The molecule has 3 aromatic rings. The Labute approximate surface area is 290 Å². The van der Waals surface area contributed by atoms with Gasteiger partial charge in [0.2, 0.25) is 0 Å². The van der Waals surface area contributed by atoms with Crippen LogP contribution in [0.3, 0.4) is 0 Å². The molecule has 8 nitrogen and oxygen atoms in total. The van der Waals surface area contributed by atoms with Crippen LogP contribution in [0.1, 0.15) is 63.1 Å². The molecule has 0 radical (unpaired) electrons. The Bertz CT molecular complexity index is 1710. The van der Waals surface area contributed by atoms with Gasteiger partial charge < -0.3 is 36.0 Å². The van der Waals surface area contributed by atoms with E-state index in [0.29, 0.717) is 44.7 Å². The van der Waals surface area contributed by atoms with Crippen LogP contribution in [0.25, 0.3) is 10.9 Å². The second-order valence-corrected chi connectivity index (χ2v) is 15.4. The topological polar surface area (TPSA) is 133 Å². The van der Waals surface area contributed by atoms with E-state index in [0.717, 1.165) is 42.5 Å². The number of aliphatic hydroxyl groups is 4. The van der Waals surface area contributed by atoms with Gasteiger partial charge in [-0.2, -0.15) is 0 Å². The van der Waals surface area contributed by atoms with Gasteiger partial charge in [-0.3, -0.25) is 4.99 Å². The van der Waals surface area contributed by atoms with Crippen LogP contribution in [-0.4, -0.2) is 74.4 Å². The number of nitrogens with zero attached hydrogens (tertiary/aromatic N) is 1. The average Bonchev–Trinajstić information content (AvgIpc) is 3.57. The van der Waals surface area contributed by atoms with Crippen molar-refractivity contribution in [2.45, 2.75) is 88.1 Å².